The number of rotatable bonds is 1. The van der Waals surface area contributed by atoms with Crippen LogP contribution in [0.25, 0.3) is 0 Å². The van der Waals surface area contributed by atoms with Gasteiger partial charge < -0.3 is 5.11 Å². The van der Waals surface area contributed by atoms with E-state index in [0.29, 0.717) is 5.92 Å². The SMILES string of the molecule is CCC1CCc2ccccc2C1O. The van der Waals surface area contributed by atoms with Crippen LogP contribution < -0.4 is 0 Å². The highest BCUT2D eigenvalue weighted by Crippen LogP contribution is 2.35. The summed E-state index contributed by atoms with van der Waals surface area (Å²) in [6, 6.07) is 8.25. The third-order valence-electron chi connectivity index (χ3n) is 3.13. The van der Waals surface area contributed by atoms with Crippen molar-refractivity contribution in [3.63, 3.8) is 0 Å². The Morgan fingerprint density at radius 3 is 2.92 bits per heavy atom. The van der Waals surface area contributed by atoms with Gasteiger partial charge in [0.05, 0.1) is 6.10 Å². The smallest absolute Gasteiger partial charge is 0.0820 e. The number of aliphatic hydroxyl groups is 1. The van der Waals surface area contributed by atoms with Gasteiger partial charge in [0.2, 0.25) is 0 Å². The second kappa shape index (κ2) is 3.51. The number of hydrogen-bond donors (Lipinski definition) is 1. The van der Waals surface area contributed by atoms with E-state index in [1.54, 1.807) is 0 Å². The van der Waals surface area contributed by atoms with E-state index >= 15 is 0 Å². The fourth-order valence-electron chi connectivity index (χ4n) is 2.23. The molecule has 0 spiro atoms. The summed E-state index contributed by atoms with van der Waals surface area (Å²) < 4.78 is 0. The molecule has 1 heteroatoms. The monoisotopic (exact) mass is 176 g/mol. The Labute approximate surface area is 79.4 Å². The van der Waals surface area contributed by atoms with Crippen molar-refractivity contribution in [2.24, 2.45) is 5.92 Å². The molecule has 1 aliphatic rings. The van der Waals surface area contributed by atoms with Crippen molar-refractivity contribution in [3.05, 3.63) is 35.4 Å². The molecular weight excluding hydrogens is 160 g/mol. The van der Waals surface area contributed by atoms with Crippen LogP contribution in [0.3, 0.4) is 0 Å². The van der Waals surface area contributed by atoms with Crippen LogP contribution in [0.1, 0.15) is 37.0 Å². The maximum absolute atomic E-state index is 10.0. The Balaban J connectivity index is 2.33. The van der Waals surface area contributed by atoms with E-state index in [0.717, 1.165) is 24.8 Å². The van der Waals surface area contributed by atoms with Gasteiger partial charge in [0.15, 0.2) is 0 Å². The predicted octanol–water partition coefficient (Wildman–Crippen LogP) is 2.69. The predicted molar refractivity (Wildman–Crippen MR) is 53.5 cm³/mol. The zero-order valence-corrected chi connectivity index (χ0v) is 8.03. The van der Waals surface area contributed by atoms with Crippen molar-refractivity contribution >= 4 is 0 Å². The molecular formula is C12H16O. The van der Waals surface area contributed by atoms with E-state index in [1.165, 1.54) is 5.56 Å². The molecule has 0 amide bonds. The molecule has 1 aromatic rings. The topological polar surface area (TPSA) is 20.2 Å². The molecule has 1 aliphatic carbocycles. The summed E-state index contributed by atoms with van der Waals surface area (Å²) >= 11 is 0. The molecule has 2 unspecified atom stereocenters. The largest absolute Gasteiger partial charge is 0.388 e. The van der Waals surface area contributed by atoms with E-state index in [-0.39, 0.29) is 6.10 Å². The summed E-state index contributed by atoms with van der Waals surface area (Å²) in [5.41, 5.74) is 2.49. The van der Waals surface area contributed by atoms with Crippen molar-refractivity contribution in [2.45, 2.75) is 32.3 Å². The first-order valence-corrected chi connectivity index (χ1v) is 5.08. The lowest BCUT2D eigenvalue weighted by Gasteiger charge is -2.29. The minimum absolute atomic E-state index is 0.227. The molecule has 0 aromatic heterocycles. The molecule has 0 saturated carbocycles. The van der Waals surface area contributed by atoms with E-state index in [9.17, 15) is 5.11 Å². The van der Waals surface area contributed by atoms with Crippen molar-refractivity contribution < 1.29 is 5.11 Å². The molecule has 70 valence electrons. The van der Waals surface area contributed by atoms with Crippen LogP contribution in [0.15, 0.2) is 24.3 Å². The molecule has 13 heavy (non-hydrogen) atoms. The molecule has 1 aromatic carbocycles. The third-order valence-corrected chi connectivity index (χ3v) is 3.13. The third kappa shape index (κ3) is 1.49. The Bertz CT molecular complexity index is 293. The van der Waals surface area contributed by atoms with Gasteiger partial charge in [-0.25, -0.2) is 0 Å². The van der Waals surface area contributed by atoms with Crippen LogP contribution in [0.4, 0.5) is 0 Å². The Hall–Kier alpha value is -0.820. The fraction of sp³-hybridized carbons (Fsp3) is 0.500. The van der Waals surface area contributed by atoms with Crippen LogP contribution in [0.2, 0.25) is 0 Å². The highest BCUT2D eigenvalue weighted by Gasteiger charge is 2.25. The van der Waals surface area contributed by atoms with Gasteiger partial charge >= 0.3 is 0 Å². The van der Waals surface area contributed by atoms with Crippen LogP contribution in [0.5, 0.6) is 0 Å². The highest BCUT2D eigenvalue weighted by atomic mass is 16.3. The summed E-state index contributed by atoms with van der Waals surface area (Å²) in [6.07, 6.45) is 3.12. The number of benzene rings is 1. The molecule has 1 N–H and O–H groups in total. The fourth-order valence-corrected chi connectivity index (χ4v) is 2.23. The van der Waals surface area contributed by atoms with Gasteiger partial charge in [-0.15, -0.1) is 0 Å². The maximum atomic E-state index is 10.0. The van der Waals surface area contributed by atoms with E-state index in [1.807, 2.05) is 6.07 Å². The Morgan fingerprint density at radius 2 is 2.15 bits per heavy atom. The summed E-state index contributed by atoms with van der Waals surface area (Å²) in [5, 5.41) is 10.0. The van der Waals surface area contributed by atoms with Crippen LogP contribution in [0, 0.1) is 5.92 Å². The van der Waals surface area contributed by atoms with Crippen LogP contribution in [-0.2, 0) is 6.42 Å². The normalized spacial score (nSPS) is 26.9. The Morgan fingerprint density at radius 1 is 1.38 bits per heavy atom. The molecule has 1 nitrogen and oxygen atoms in total. The number of hydrogen-bond acceptors (Lipinski definition) is 1. The first kappa shape index (κ1) is 8.76. The van der Waals surface area contributed by atoms with Crippen molar-refractivity contribution in [3.8, 4) is 0 Å². The van der Waals surface area contributed by atoms with E-state index < -0.39 is 0 Å². The molecule has 2 atom stereocenters. The van der Waals surface area contributed by atoms with Gasteiger partial charge in [0, 0.05) is 0 Å². The summed E-state index contributed by atoms with van der Waals surface area (Å²) in [7, 11) is 0. The maximum Gasteiger partial charge on any atom is 0.0820 e. The summed E-state index contributed by atoms with van der Waals surface area (Å²) in [4.78, 5) is 0. The van der Waals surface area contributed by atoms with Crippen molar-refractivity contribution in [1.29, 1.82) is 0 Å². The van der Waals surface area contributed by atoms with Gasteiger partial charge in [-0.2, -0.15) is 0 Å². The molecule has 0 heterocycles. The molecule has 0 radical (unpaired) electrons. The van der Waals surface area contributed by atoms with Crippen LogP contribution in [-0.4, -0.2) is 5.11 Å². The van der Waals surface area contributed by atoms with Crippen molar-refractivity contribution in [1.82, 2.24) is 0 Å². The minimum atomic E-state index is -0.227. The standard InChI is InChI=1S/C12H16O/c1-2-9-7-8-10-5-3-4-6-11(10)12(9)13/h3-6,9,12-13H,2,7-8H2,1H3. The van der Waals surface area contributed by atoms with Gasteiger partial charge in [0.1, 0.15) is 0 Å². The summed E-state index contributed by atoms with van der Waals surface area (Å²) in [5.74, 6) is 0.467. The average Bonchev–Trinajstić information content (AvgIpc) is 2.19. The van der Waals surface area contributed by atoms with E-state index in [4.69, 9.17) is 0 Å². The van der Waals surface area contributed by atoms with Crippen molar-refractivity contribution in [2.75, 3.05) is 0 Å². The lowest BCUT2D eigenvalue weighted by atomic mass is 9.80. The average molecular weight is 176 g/mol. The van der Waals surface area contributed by atoms with Gasteiger partial charge in [-0.3, -0.25) is 0 Å². The molecule has 2 rings (SSSR count). The molecule has 0 fully saturated rings. The molecule has 0 aliphatic heterocycles. The number of aryl methyl sites for hydroxylation is 1. The second-order valence-electron chi connectivity index (χ2n) is 3.85. The zero-order chi connectivity index (χ0) is 9.26. The minimum Gasteiger partial charge on any atom is -0.388 e. The molecule has 0 saturated heterocycles. The molecule has 0 bridgehead atoms. The first-order chi connectivity index (χ1) is 6.33. The van der Waals surface area contributed by atoms with Gasteiger partial charge in [0.25, 0.3) is 0 Å². The van der Waals surface area contributed by atoms with E-state index in [2.05, 4.69) is 25.1 Å². The van der Waals surface area contributed by atoms with Crippen LogP contribution >= 0.6 is 0 Å². The Kier molecular flexibility index (Phi) is 2.36. The summed E-state index contributed by atoms with van der Waals surface area (Å²) in [6.45, 7) is 2.15. The zero-order valence-electron chi connectivity index (χ0n) is 8.03. The number of fused-ring (bicyclic) bond motifs is 1. The lowest BCUT2D eigenvalue weighted by molar-refractivity contribution is 0.0914. The van der Waals surface area contributed by atoms with Gasteiger partial charge in [-0.05, 0) is 29.9 Å². The second-order valence-corrected chi connectivity index (χ2v) is 3.85. The van der Waals surface area contributed by atoms with Gasteiger partial charge in [-0.1, -0.05) is 37.6 Å². The highest BCUT2D eigenvalue weighted by molar-refractivity contribution is 5.31. The first-order valence-electron chi connectivity index (χ1n) is 5.08. The lowest BCUT2D eigenvalue weighted by Crippen LogP contribution is -2.19. The number of aliphatic hydroxyl groups excluding tert-OH is 1. The quantitative estimate of drug-likeness (QED) is 0.697.